The lowest BCUT2D eigenvalue weighted by molar-refractivity contribution is 0.403. The van der Waals surface area contributed by atoms with Crippen molar-refractivity contribution in [3.8, 4) is 22.8 Å². The SMILES string of the molecule is COc1ccc2c(OC)nccc2c1-c1ccccc1. The maximum atomic E-state index is 5.52. The van der Waals surface area contributed by atoms with Crippen molar-refractivity contribution in [2.24, 2.45) is 0 Å². The van der Waals surface area contributed by atoms with Gasteiger partial charge < -0.3 is 9.47 Å². The zero-order valence-corrected chi connectivity index (χ0v) is 11.5. The van der Waals surface area contributed by atoms with Crippen molar-refractivity contribution in [1.29, 1.82) is 0 Å². The Bertz CT molecular complexity index is 739. The Morgan fingerprint density at radius 1 is 0.800 bits per heavy atom. The maximum Gasteiger partial charge on any atom is 0.221 e. The van der Waals surface area contributed by atoms with Crippen molar-refractivity contribution in [3.63, 3.8) is 0 Å². The highest BCUT2D eigenvalue weighted by atomic mass is 16.5. The van der Waals surface area contributed by atoms with Gasteiger partial charge >= 0.3 is 0 Å². The van der Waals surface area contributed by atoms with Crippen LogP contribution in [0.25, 0.3) is 21.9 Å². The molecule has 0 aliphatic heterocycles. The molecule has 20 heavy (non-hydrogen) atoms. The van der Waals surface area contributed by atoms with Crippen LogP contribution in [0.2, 0.25) is 0 Å². The molecule has 0 aliphatic rings. The van der Waals surface area contributed by atoms with Crippen LogP contribution in [0.1, 0.15) is 0 Å². The van der Waals surface area contributed by atoms with Gasteiger partial charge in [0.15, 0.2) is 0 Å². The van der Waals surface area contributed by atoms with E-state index in [9.17, 15) is 0 Å². The number of methoxy groups -OCH3 is 2. The molecule has 2 aromatic carbocycles. The van der Waals surface area contributed by atoms with Crippen LogP contribution in [0.15, 0.2) is 54.7 Å². The molecular weight excluding hydrogens is 250 g/mol. The monoisotopic (exact) mass is 265 g/mol. The Morgan fingerprint density at radius 2 is 1.60 bits per heavy atom. The first-order chi connectivity index (χ1) is 9.85. The van der Waals surface area contributed by atoms with E-state index in [0.717, 1.165) is 27.6 Å². The van der Waals surface area contributed by atoms with Crippen LogP contribution in [0.5, 0.6) is 11.6 Å². The van der Waals surface area contributed by atoms with E-state index in [-0.39, 0.29) is 0 Å². The first-order valence-corrected chi connectivity index (χ1v) is 6.40. The summed E-state index contributed by atoms with van der Waals surface area (Å²) in [6.45, 7) is 0. The molecule has 0 bridgehead atoms. The van der Waals surface area contributed by atoms with Crippen molar-refractivity contribution >= 4 is 10.8 Å². The van der Waals surface area contributed by atoms with Crippen molar-refractivity contribution in [3.05, 3.63) is 54.7 Å². The van der Waals surface area contributed by atoms with Crippen LogP contribution in [-0.4, -0.2) is 19.2 Å². The highest BCUT2D eigenvalue weighted by molar-refractivity contribution is 6.01. The first-order valence-electron chi connectivity index (χ1n) is 6.40. The van der Waals surface area contributed by atoms with Gasteiger partial charge in [0, 0.05) is 22.5 Å². The second-order valence-electron chi connectivity index (χ2n) is 4.42. The number of hydrogen-bond acceptors (Lipinski definition) is 3. The molecule has 1 heterocycles. The number of rotatable bonds is 3. The van der Waals surface area contributed by atoms with E-state index in [1.54, 1.807) is 20.4 Å². The van der Waals surface area contributed by atoms with Gasteiger partial charge in [0.25, 0.3) is 0 Å². The quantitative estimate of drug-likeness (QED) is 0.719. The van der Waals surface area contributed by atoms with Crippen LogP contribution >= 0.6 is 0 Å². The highest BCUT2D eigenvalue weighted by Crippen LogP contribution is 2.38. The summed E-state index contributed by atoms with van der Waals surface area (Å²) in [6.07, 6.45) is 1.76. The Kier molecular flexibility index (Phi) is 3.25. The van der Waals surface area contributed by atoms with Gasteiger partial charge in [-0.2, -0.15) is 0 Å². The number of aromatic nitrogens is 1. The molecule has 3 nitrogen and oxygen atoms in total. The number of ether oxygens (including phenoxy) is 2. The molecule has 0 fully saturated rings. The molecule has 1 aromatic heterocycles. The summed E-state index contributed by atoms with van der Waals surface area (Å²) < 4.78 is 10.9. The summed E-state index contributed by atoms with van der Waals surface area (Å²) >= 11 is 0. The maximum absolute atomic E-state index is 5.52. The second-order valence-corrected chi connectivity index (χ2v) is 4.42. The number of benzene rings is 2. The van der Waals surface area contributed by atoms with E-state index >= 15 is 0 Å². The van der Waals surface area contributed by atoms with Crippen LogP contribution in [0.4, 0.5) is 0 Å². The van der Waals surface area contributed by atoms with E-state index in [1.807, 2.05) is 36.4 Å². The molecule has 0 aliphatic carbocycles. The average molecular weight is 265 g/mol. The van der Waals surface area contributed by atoms with E-state index < -0.39 is 0 Å². The van der Waals surface area contributed by atoms with Gasteiger partial charge in [0.05, 0.1) is 14.2 Å². The molecule has 0 amide bonds. The minimum absolute atomic E-state index is 0.627. The van der Waals surface area contributed by atoms with Gasteiger partial charge in [-0.15, -0.1) is 0 Å². The molecule has 3 aromatic rings. The molecule has 0 N–H and O–H groups in total. The fourth-order valence-corrected chi connectivity index (χ4v) is 2.44. The van der Waals surface area contributed by atoms with E-state index in [0.29, 0.717) is 5.88 Å². The molecule has 3 heteroatoms. The number of pyridine rings is 1. The predicted octanol–water partition coefficient (Wildman–Crippen LogP) is 3.92. The van der Waals surface area contributed by atoms with Gasteiger partial charge in [-0.05, 0) is 23.8 Å². The Labute approximate surface area is 117 Å². The Balaban J connectivity index is 2.38. The first kappa shape index (κ1) is 12.5. The summed E-state index contributed by atoms with van der Waals surface area (Å²) in [4.78, 5) is 4.25. The number of nitrogens with zero attached hydrogens (tertiary/aromatic N) is 1. The third-order valence-electron chi connectivity index (χ3n) is 3.35. The fourth-order valence-electron chi connectivity index (χ4n) is 2.44. The third-order valence-corrected chi connectivity index (χ3v) is 3.35. The van der Waals surface area contributed by atoms with Crippen molar-refractivity contribution in [1.82, 2.24) is 4.98 Å². The molecule has 3 rings (SSSR count). The standard InChI is InChI=1S/C17H15NO2/c1-19-15-9-8-14-13(10-11-18-17(14)20-2)16(15)12-6-4-3-5-7-12/h3-11H,1-2H3. The zero-order chi connectivity index (χ0) is 13.9. The molecule has 100 valence electrons. The van der Waals surface area contributed by atoms with Crippen LogP contribution < -0.4 is 9.47 Å². The fraction of sp³-hybridized carbons (Fsp3) is 0.118. The highest BCUT2D eigenvalue weighted by Gasteiger charge is 2.13. The van der Waals surface area contributed by atoms with Crippen molar-refractivity contribution in [2.45, 2.75) is 0 Å². The zero-order valence-electron chi connectivity index (χ0n) is 11.5. The number of hydrogen-bond donors (Lipinski definition) is 0. The van der Waals surface area contributed by atoms with E-state index in [4.69, 9.17) is 9.47 Å². The summed E-state index contributed by atoms with van der Waals surface area (Å²) in [6, 6.07) is 16.1. The third kappa shape index (κ3) is 1.97. The van der Waals surface area contributed by atoms with Gasteiger partial charge in [-0.25, -0.2) is 4.98 Å². The molecule has 0 saturated carbocycles. The lowest BCUT2D eigenvalue weighted by atomic mass is 9.98. The summed E-state index contributed by atoms with van der Waals surface area (Å²) in [5.41, 5.74) is 2.18. The Morgan fingerprint density at radius 3 is 2.30 bits per heavy atom. The summed E-state index contributed by atoms with van der Waals surface area (Å²) in [5.74, 6) is 1.47. The van der Waals surface area contributed by atoms with Gasteiger partial charge in [0.2, 0.25) is 5.88 Å². The van der Waals surface area contributed by atoms with E-state index in [2.05, 4.69) is 17.1 Å². The molecule has 0 unspecified atom stereocenters. The molecular formula is C17H15NO2. The van der Waals surface area contributed by atoms with Crippen molar-refractivity contribution in [2.75, 3.05) is 14.2 Å². The van der Waals surface area contributed by atoms with Crippen LogP contribution in [0, 0.1) is 0 Å². The largest absolute Gasteiger partial charge is 0.496 e. The Hall–Kier alpha value is -2.55. The normalized spacial score (nSPS) is 10.5. The predicted molar refractivity (Wildman–Crippen MR) is 80.3 cm³/mol. The minimum atomic E-state index is 0.627. The van der Waals surface area contributed by atoms with Gasteiger partial charge in [0.1, 0.15) is 5.75 Å². The van der Waals surface area contributed by atoms with Crippen molar-refractivity contribution < 1.29 is 9.47 Å². The van der Waals surface area contributed by atoms with Crippen LogP contribution in [0.3, 0.4) is 0 Å². The minimum Gasteiger partial charge on any atom is -0.496 e. The summed E-state index contributed by atoms with van der Waals surface area (Å²) in [5, 5.41) is 2.05. The average Bonchev–Trinajstić information content (AvgIpc) is 2.53. The second kappa shape index (κ2) is 5.21. The van der Waals surface area contributed by atoms with Gasteiger partial charge in [-0.1, -0.05) is 30.3 Å². The van der Waals surface area contributed by atoms with Crippen LogP contribution in [-0.2, 0) is 0 Å². The summed E-state index contributed by atoms with van der Waals surface area (Å²) in [7, 11) is 3.32. The topological polar surface area (TPSA) is 31.4 Å². The number of fused-ring (bicyclic) bond motifs is 1. The smallest absolute Gasteiger partial charge is 0.221 e. The molecule has 0 spiro atoms. The lowest BCUT2D eigenvalue weighted by Gasteiger charge is -2.13. The molecule has 0 radical (unpaired) electrons. The molecule has 0 atom stereocenters. The van der Waals surface area contributed by atoms with Gasteiger partial charge in [-0.3, -0.25) is 0 Å². The molecule has 0 saturated heterocycles. The lowest BCUT2D eigenvalue weighted by Crippen LogP contribution is -1.93. The van der Waals surface area contributed by atoms with E-state index in [1.165, 1.54) is 0 Å².